The number of carbonyl (C=O) groups is 1. The molecule has 0 bridgehead atoms. The van der Waals surface area contributed by atoms with E-state index in [-0.39, 0.29) is 5.41 Å². The number of Topliss-reactive ketones (excluding diaryl/α,β-unsaturated/α-hetero) is 1. The fourth-order valence-corrected chi connectivity index (χ4v) is 3.15. The molecule has 2 heteroatoms. The molecule has 1 saturated carbocycles. The largest absolute Gasteiger partial charge is 0.299 e. The normalized spacial score (nSPS) is 38.7. The zero-order chi connectivity index (χ0) is 8.18. The summed E-state index contributed by atoms with van der Waals surface area (Å²) in [6.07, 6.45) is 5.81. The first-order valence-corrected chi connectivity index (χ1v) is 5.10. The second-order valence-corrected chi connectivity index (χ2v) is 4.52. The molecule has 12 heavy (non-hydrogen) atoms. The number of piperidine rings is 1. The van der Waals surface area contributed by atoms with Gasteiger partial charge < -0.3 is 0 Å². The minimum absolute atomic E-state index is 0.175. The molecular weight excluding hydrogens is 150 g/mol. The number of fused-ring (bicyclic) bond motifs is 2. The van der Waals surface area contributed by atoms with Crippen molar-refractivity contribution < 1.29 is 4.79 Å². The minimum Gasteiger partial charge on any atom is -0.299 e. The lowest BCUT2D eigenvalue weighted by atomic mass is 9.85. The quantitative estimate of drug-likeness (QED) is 0.537. The van der Waals surface area contributed by atoms with Crippen LogP contribution >= 0.6 is 0 Å². The molecule has 0 aromatic rings. The molecule has 0 N–H and O–H groups in total. The Morgan fingerprint density at radius 1 is 1.33 bits per heavy atom. The van der Waals surface area contributed by atoms with Gasteiger partial charge in [-0.1, -0.05) is 0 Å². The molecule has 2 saturated heterocycles. The molecule has 1 aliphatic carbocycles. The maximum atomic E-state index is 11.7. The Morgan fingerprint density at radius 2 is 2.17 bits per heavy atom. The Hall–Kier alpha value is -0.370. The zero-order valence-corrected chi connectivity index (χ0v) is 7.38. The van der Waals surface area contributed by atoms with Crippen molar-refractivity contribution in [2.75, 3.05) is 13.1 Å². The van der Waals surface area contributed by atoms with E-state index in [0.717, 1.165) is 13.0 Å². The molecule has 0 amide bonds. The van der Waals surface area contributed by atoms with E-state index in [9.17, 15) is 4.79 Å². The summed E-state index contributed by atoms with van der Waals surface area (Å²) in [6, 6.07) is 0.652. The summed E-state index contributed by atoms with van der Waals surface area (Å²) in [6.45, 7) is 2.30. The number of nitrogens with zero attached hydrogens (tertiary/aromatic N) is 1. The van der Waals surface area contributed by atoms with Gasteiger partial charge in [0.25, 0.3) is 0 Å². The average Bonchev–Trinajstić information content (AvgIpc) is 2.71. The van der Waals surface area contributed by atoms with Crippen molar-refractivity contribution >= 4 is 5.78 Å². The summed E-state index contributed by atoms with van der Waals surface area (Å²) in [5, 5.41) is 0. The molecule has 1 atom stereocenters. The summed E-state index contributed by atoms with van der Waals surface area (Å²) >= 11 is 0. The summed E-state index contributed by atoms with van der Waals surface area (Å²) in [4.78, 5) is 14.2. The molecule has 2 heterocycles. The van der Waals surface area contributed by atoms with Crippen LogP contribution in [0.25, 0.3) is 0 Å². The average molecular weight is 165 g/mol. The second-order valence-electron chi connectivity index (χ2n) is 4.52. The molecule has 3 rings (SSSR count). The first-order chi connectivity index (χ1) is 5.83. The standard InChI is InChI=1S/C10H15NO/c12-9-3-7-11-6-1-2-8(11)10(9)4-5-10/h8H,1-7H2. The SMILES string of the molecule is O=C1CCN2CCCC2C12CC2. The third-order valence-electron chi connectivity index (χ3n) is 3.97. The maximum absolute atomic E-state index is 11.7. The van der Waals surface area contributed by atoms with E-state index < -0.39 is 0 Å². The number of ketones is 1. The molecule has 1 spiro atoms. The number of rotatable bonds is 0. The van der Waals surface area contributed by atoms with Gasteiger partial charge >= 0.3 is 0 Å². The topological polar surface area (TPSA) is 20.3 Å². The Balaban J connectivity index is 1.93. The first kappa shape index (κ1) is 7.07. The third-order valence-corrected chi connectivity index (χ3v) is 3.97. The van der Waals surface area contributed by atoms with E-state index in [4.69, 9.17) is 0 Å². The first-order valence-electron chi connectivity index (χ1n) is 5.10. The predicted octanol–water partition coefficient (Wildman–Crippen LogP) is 1.20. The second kappa shape index (κ2) is 2.11. The van der Waals surface area contributed by atoms with Crippen LogP contribution in [0.3, 0.4) is 0 Å². The van der Waals surface area contributed by atoms with Crippen molar-refractivity contribution in [2.24, 2.45) is 5.41 Å². The molecule has 1 unspecified atom stereocenters. The van der Waals surface area contributed by atoms with E-state index in [0.29, 0.717) is 11.8 Å². The van der Waals surface area contributed by atoms with Crippen LogP contribution in [0, 0.1) is 5.41 Å². The van der Waals surface area contributed by atoms with Crippen molar-refractivity contribution in [3.05, 3.63) is 0 Å². The van der Waals surface area contributed by atoms with Crippen molar-refractivity contribution in [3.8, 4) is 0 Å². The lowest BCUT2D eigenvalue weighted by Crippen LogP contribution is -2.47. The molecule has 3 fully saturated rings. The van der Waals surface area contributed by atoms with Gasteiger partial charge in [0.2, 0.25) is 0 Å². The smallest absolute Gasteiger partial charge is 0.141 e. The van der Waals surface area contributed by atoms with Gasteiger partial charge in [0.05, 0.1) is 0 Å². The molecule has 0 radical (unpaired) electrons. The lowest BCUT2D eigenvalue weighted by molar-refractivity contribution is -0.130. The molecule has 0 aromatic carbocycles. The van der Waals surface area contributed by atoms with Crippen molar-refractivity contribution in [1.82, 2.24) is 4.90 Å². The van der Waals surface area contributed by atoms with E-state index >= 15 is 0 Å². The fourth-order valence-electron chi connectivity index (χ4n) is 3.15. The van der Waals surface area contributed by atoms with Gasteiger partial charge in [-0.05, 0) is 32.2 Å². The van der Waals surface area contributed by atoms with Crippen molar-refractivity contribution in [3.63, 3.8) is 0 Å². The molecular formula is C10H15NO. The Kier molecular flexibility index (Phi) is 1.24. The monoisotopic (exact) mass is 165 g/mol. The van der Waals surface area contributed by atoms with Gasteiger partial charge in [-0.25, -0.2) is 0 Å². The van der Waals surface area contributed by atoms with Crippen LogP contribution in [0.15, 0.2) is 0 Å². The zero-order valence-electron chi connectivity index (χ0n) is 7.38. The van der Waals surface area contributed by atoms with Crippen LogP contribution < -0.4 is 0 Å². The summed E-state index contributed by atoms with van der Waals surface area (Å²) in [5.74, 6) is 0.575. The Morgan fingerprint density at radius 3 is 2.92 bits per heavy atom. The van der Waals surface area contributed by atoms with Crippen LogP contribution in [-0.4, -0.2) is 29.8 Å². The van der Waals surface area contributed by atoms with Crippen LogP contribution in [-0.2, 0) is 4.79 Å². The highest BCUT2D eigenvalue weighted by molar-refractivity contribution is 5.89. The Bertz CT molecular complexity index is 232. The lowest BCUT2D eigenvalue weighted by Gasteiger charge is -2.35. The third kappa shape index (κ3) is 0.717. The van der Waals surface area contributed by atoms with E-state index in [2.05, 4.69) is 4.90 Å². The van der Waals surface area contributed by atoms with Crippen LogP contribution in [0.5, 0.6) is 0 Å². The minimum atomic E-state index is 0.175. The maximum Gasteiger partial charge on any atom is 0.141 e. The van der Waals surface area contributed by atoms with Crippen LogP contribution in [0.4, 0.5) is 0 Å². The summed E-state index contributed by atoms with van der Waals surface area (Å²) in [5.41, 5.74) is 0.175. The molecule has 66 valence electrons. The van der Waals surface area contributed by atoms with Gasteiger partial charge in [0.15, 0.2) is 0 Å². The fraction of sp³-hybridized carbons (Fsp3) is 0.900. The van der Waals surface area contributed by atoms with E-state index in [1.165, 1.54) is 32.2 Å². The molecule has 3 aliphatic rings. The highest BCUT2D eigenvalue weighted by Gasteiger charge is 2.59. The van der Waals surface area contributed by atoms with Gasteiger partial charge in [-0.2, -0.15) is 0 Å². The summed E-state index contributed by atoms with van der Waals surface area (Å²) in [7, 11) is 0. The highest BCUT2D eigenvalue weighted by atomic mass is 16.1. The van der Waals surface area contributed by atoms with Crippen LogP contribution in [0.2, 0.25) is 0 Å². The highest BCUT2D eigenvalue weighted by Crippen LogP contribution is 2.56. The molecule has 0 aromatic heterocycles. The Labute approximate surface area is 72.9 Å². The van der Waals surface area contributed by atoms with Gasteiger partial charge in [0.1, 0.15) is 5.78 Å². The van der Waals surface area contributed by atoms with E-state index in [1.54, 1.807) is 0 Å². The van der Waals surface area contributed by atoms with Gasteiger partial charge in [-0.3, -0.25) is 9.69 Å². The van der Waals surface area contributed by atoms with Crippen molar-refractivity contribution in [1.29, 1.82) is 0 Å². The molecule has 2 nitrogen and oxygen atoms in total. The van der Waals surface area contributed by atoms with Crippen molar-refractivity contribution in [2.45, 2.75) is 38.1 Å². The number of hydrogen-bond donors (Lipinski definition) is 0. The van der Waals surface area contributed by atoms with E-state index in [1.807, 2.05) is 0 Å². The number of carbonyl (C=O) groups excluding carboxylic acids is 1. The summed E-state index contributed by atoms with van der Waals surface area (Å²) < 4.78 is 0. The van der Waals surface area contributed by atoms with Gasteiger partial charge in [-0.15, -0.1) is 0 Å². The molecule has 2 aliphatic heterocycles. The van der Waals surface area contributed by atoms with Crippen LogP contribution in [0.1, 0.15) is 32.1 Å². The predicted molar refractivity (Wildman–Crippen MR) is 45.9 cm³/mol. The number of hydrogen-bond acceptors (Lipinski definition) is 2. The van der Waals surface area contributed by atoms with Gasteiger partial charge in [0, 0.05) is 24.4 Å².